The molecule has 2 aromatic carbocycles. The number of carbonyl (C=O) groups is 1. The first-order chi connectivity index (χ1) is 12.2. The molecule has 0 heterocycles. The van der Waals surface area contributed by atoms with Crippen molar-refractivity contribution in [3.8, 4) is 23.0 Å². The van der Waals surface area contributed by atoms with Crippen molar-refractivity contribution >= 4 is 5.78 Å². The van der Waals surface area contributed by atoms with Crippen LogP contribution in [0.3, 0.4) is 0 Å². The van der Waals surface area contributed by atoms with Gasteiger partial charge in [0.1, 0.15) is 28.6 Å². The Kier molecular flexibility index (Phi) is 6.14. The minimum atomic E-state index is -0.534. The van der Waals surface area contributed by atoms with Crippen molar-refractivity contribution in [1.29, 1.82) is 0 Å². The highest BCUT2D eigenvalue weighted by Gasteiger charge is 2.22. The van der Waals surface area contributed by atoms with E-state index in [4.69, 9.17) is 4.74 Å². The molecule has 2 aromatic rings. The molecule has 2 rings (SSSR count). The number of hydrogen-bond acceptors (Lipinski definition) is 5. The summed E-state index contributed by atoms with van der Waals surface area (Å²) in [5.74, 6) is -0.752. The predicted molar refractivity (Wildman–Crippen MR) is 100 cm³/mol. The Bertz CT molecular complexity index is 780. The predicted octanol–water partition coefficient (Wildman–Crippen LogP) is 4.77. The number of carbonyl (C=O) groups excluding carboxylic acids is 1. The fourth-order valence-electron chi connectivity index (χ4n) is 2.79. The monoisotopic (exact) mass is 358 g/mol. The van der Waals surface area contributed by atoms with E-state index in [1.54, 1.807) is 6.07 Å². The Labute approximate surface area is 153 Å². The second kappa shape index (κ2) is 8.13. The van der Waals surface area contributed by atoms with Gasteiger partial charge in [0, 0.05) is 12.1 Å². The third kappa shape index (κ3) is 4.91. The summed E-state index contributed by atoms with van der Waals surface area (Å²) in [5, 5.41) is 29.4. The van der Waals surface area contributed by atoms with Gasteiger partial charge in [-0.05, 0) is 51.0 Å². The number of phenolic OH excluding ortho intramolecular Hbond substituents is 3. The van der Waals surface area contributed by atoms with Crippen LogP contribution in [-0.2, 0) is 0 Å². The van der Waals surface area contributed by atoms with Crippen LogP contribution in [-0.4, -0.2) is 26.7 Å². The van der Waals surface area contributed by atoms with E-state index in [1.165, 1.54) is 24.3 Å². The zero-order valence-corrected chi connectivity index (χ0v) is 15.5. The van der Waals surface area contributed by atoms with Gasteiger partial charge < -0.3 is 20.1 Å². The molecule has 0 aliphatic rings. The Morgan fingerprint density at radius 1 is 0.962 bits per heavy atom. The van der Waals surface area contributed by atoms with Crippen molar-refractivity contribution in [2.45, 2.75) is 52.1 Å². The van der Waals surface area contributed by atoms with Crippen LogP contribution in [0, 0.1) is 0 Å². The Hall–Kier alpha value is -2.69. The lowest BCUT2D eigenvalue weighted by Crippen LogP contribution is -2.28. The molecule has 0 aliphatic carbocycles. The highest BCUT2D eigenvalue weighted by molar-refractivity contribution is 6.12. The van der Waals surface area contributed by atoms with Crippen molar-refractivity contribution in [2.75, 3.05) is 0 Å². The molecule has 0 saturated heterocycles. The SMILES string of the molecule is CCCCCC(C)(C)Oc1ccc(C(=O)c2ccc(O)cc2O)c(O)c1. The van der Waals surface area contributed by atoms with E-state index >= 15 is 0 Å². The summed E-state index contributed by atoms with van der Waals surface area (Å²) in [6.45, 7) is 6.13. The fourth-order valence-corrected chi connectivity index (χ4v) is 2.79. The summed E-state index contributed by atoms with van der Waals surface area (Å²) in [5.41, 5.74) is -0.309. The van der Waals surface area contributed by atoms with E-state index in [0.29, 0.717) is 5.75 Å². The fraction of sp³-hybridized carbons (Fsp3) is 0.381. The van der Waals surface area contributed by atoms with Gasteiger partial charge in [0.15, 0.2) is 5.78 Å². The molecule has 0 unspecified atom stereocenters. The molecule has 5 nitrogen and oxygen atoms in total. The molecule has 0 bridgehead atoms. The van der Waals surface area contributed by atoms with Gasteiger partial charge in [0.05, 0.1) is 11.1 Å². The average molecular weight is 358 g/mol. The van der Waals surface area contributed by atoms with Crippen molar-refractivity contribution < 1.29 is 24.9 Å². The van der Waals surface area contributed by atoms with Crippen LogP contribution >= 0.6 is 0 Å². The number of ether oxygens (including phenoxy) is 1. The summed E-state index contributed by atoms with van der Waals surface area (Å²) < 4.78 is 5.96. The Balaban J connectivity index is 2.17. The number of ketones is 1. The van der Waals surface area contributed by atoms with E-state index in [9.17, 15) is 20.1 Å². The number of rotatable bonds is 8. The zero-order valence-electron chi connectivity index (χ0n) is 15.5. The number of phenols is 3. The highest BCUT2D eigenvalue weighted by atomic mass is 16.5. The Morgan fingerprint density at radius 2 is 1.58 bits per heavy atom. The summed E-state index contributed by atoms with van der Waals surface area (Å²) in [4.78, 5) is 12.5. The first kappa shape index (κ1) is 19.6. The lowest BCUT2D eigenvalue weighted by molar-refractivity contribution is 0.0959. The van der Waals surface area contributed by atoms with E-state index in [1.807, 2.05) is 13.8 Å². The number of hydrogen-bond donors (Lipinski definition) is 3. The molecule has 5 heteroatoms. The molecule has 26 heavy (non-hydrogen) atoms. The standard InChI is InChI=1S/C21H26O5/c1-4-5-6-11-21(2,3)26-15-8-10-17(19(24)13-15)20(25)16-9-7-14(22)12-18(16)23/h7-10,12-13,22-24H,4-6,11H2,1-3H3. The zero-order chi connectivity index (χ0) is 19.3. The van der Waals surface area contributed by atoms with Crippen LogP contribution in [0.4, 0.5) is 0 Å². The van der Waals surface area contributed by atoms with Crippen molar-refractivity contribution in [2.24, 2.45) is 0 Å². The molecule has 0 aromatic heterocycles. The topological polar surface area (TPSA) is 87.0 Å². The molecular formula is C21H26O5. The van der Waals surface area contributed by atoms with Crippen molar-refractivity contribution in [3.05, 3.63) is 47.5 Å². The molecule has 3 N–H and O–H groups in total. The maximum absolute atomic E-state index is 12.5. The van der Waals surface area contributed by atoms with Crippen molar-refractivity contribution in [1.82, 2.24) is 0 Å². The molecule has 0 radical (unpaired) electrons. The second-order valence-corrected chi connectivity index (χ2v) is 7.03. The lowest BCUT2D eigenvalue weighted by Gasteiger charge is -2.26. The molecule has 0 atom stereocenters. The van der Waals surface area contributed by atoms with Crippen LogP contribution in [0.2, 0.25) is 0 Å². The van der Waals surface area contributed by atoms with E-state index in [0.717, 1.165) is 31.7 Å². The van der Waals surface area contributed by atoms with Crippen LogP contribution in [0.1, 0.15) is 62.4 Å². The second-order valence-electron chi connectivity index (χ2n) is 7.03. The molecule has 0 fully saturated rings. The van der Waals surface area contributed by atoms with Crippen LogP contribution in [0.15, 0.2) is 36.4 Å². The van der Waals surface area contributed by atoms with E-state index in [-0.39, 0.29) is 34.0 Å². The maximum Gasteiger partial charge on any atom is 0.200 e. The molecule has 140 valence electrons. The molecule has 0 spiro atoms. The number of aromatic hydroxyl groups is 3. The van der Waals surface area contributed by atoms with Crippen LogP contribution < -0.4 is 4.74 Å². The lowest BCUT2D eigenvalue weighted by atomic mass is 9.99. The summed E-state index contributed by atoms with van der Waals surface area (Å²) >= 11 is 0. The van der Waals surface area contributed by atoms with Crippen LogP contribution in [0.5, 0.6) is 23.0 Å². The first-order valence-electron chi connectivity index (χ1n) is 8.82. The number of benzene rings is 2. The first-order valence-corrected chi connectivity index (χ1v) is 8.82. The largest absolute Gasteiger partial charge is 0.508 e. The van der Waals surface area contributed by atoms with Gasteiger partial charge in [-0.2, -0.15) is 0 Å². The van der Waals surface area contributed by atoms with Gasteiger partial charge in [-0.25, -0.2) is 0 Å². The van der Waals surface area contributed by atoms with Gasteiger partial charge in [0.2, 0.25) is 0 Å². The minimum Gasteiger partial charge on any atom is -0.508 e. The average Bonchev–Trinajstić information content (AvgIpc) is 2.54. The van der Waals surface area contributed by atoms with Gasteiger partial charge in [0.25, 0.3) is 0 Å². The summed E-state index contributed by atoms with van der Waals surface area (Å²) in [6, 6.07) is 8.22. The van der Waals surface area contributed by atoms with Gasteiger partial charge in [-0.1, -0.05) is 19.8 Å². The van der Waals surface area contributed by atoms with Gasteiger partial charge >= 0.3 is 0 Å². The van der Waals surface area contributed by atoms with Gasteiger partial charge in [-0.15, -0.1) is 0 Å². The molecule has 0 aliphatic heterocycles. The molecule has 0 amide bonds. The van der Waals surface area contributed by atoms with Crippen LogP contribution in [0.25, 0.3) is 0 Å². The van der Waals surface area contributed by atoms with E-state index < -0.39 is 5.78 Å². The normalized spacial score (nSPS) is 11.3. The summed E-state index contributed by atoms with van der Waals surface area (Å²) in [6.07, 6.45) is 4.23. The quantitative estimate of drug-likeness (QED) is 0.467. The third-order valence-corrected chi connectivity index (χ3v) is 4.22. The minimum absolute atomic E-state index is 0.00617. The smallest absolute Gasteiger partial charge is 0.200 e. The third-order valence-electron chi connectivity index (χ3n) is 4.22. The van der Waals surface area contributed by atoms with E-state index in [2.05, 4.69) is 6.92 Å². The Morgan fingerprint density at radius 3 is 2.15 bits per heavy atom. The highest BCUT2D eigenvalue weighted by Crippen LogP contribution is 2.32. The summed E-state index contributed by atoms with van der Waals surface area (Å²) in [7, 11) is 0. The van der Waals surface area contributed by atoms with Crippen molar-refractivity contribution in [3.63, 3.8) is 0 Å². The molecular weight excluding hydrogens is 332 g/mol. The molecule has 0 saturated carbocycles. The maximum atomic E-state index is 12.5. The van der Waals surface area contributed by atoms with Gasteiger partial charge in [-0.3, -0.25) is 4.79 Å². The number of unbranched alkanes of at least 4 members (excludes halogenated alkanes) is 2.